The maximum absolute atomic E-state index is 10.5. The normalized spacial score (nSPS) is 54.9. The zero-order valence-corrected chi connectivity index (χ0v) is 15.9. The molecule has 0 aromatic rings. The number of aliphatic hydroxyl groups is 2. The quantitative estimate of drug-likeness (QED) is 0.778. The summed E-state index contributed by atoms with van der Waals surface area (Å²) < 4.78 is 0. The highest BCUT2D eigenvalue weighted by atomic mass is 16.3. The first kappa shape index (κ1) is 17.7. The van der Waals surface area contributed by atoms with Gasteiger partial charge < -0.3 is 10.2 Å². The molecule has 0 heterocycles. The number of aliphatic hydroxyl groups excluding tert-OH is 2. The van der Waals surface area contributed by atoms with Crippen molar-refractivity contribution in [3.05, 3.63) is 0 Å². The summed E-state index contributed by atoms with van der Waals surface area (Å²) in [6.45, 7) is 11.6. The minimum atomic E-state index is -0.213. The molecule has 9 atom stereocenters. The van der Waals surface area contributed by atoms with E-state index >= 15 is 0 Å². The first-order valence-corrected chi connectivity index (χ1v) is 10.1. The summed E-state index contributed by atoms with van der Waals surface area (Å²) >= 11 is 0. The molecule has 134 valence electrons. The Kier molecular flexibility index (Phi) is 4.64. The lowest BCUT2D eigenvalue weighted by molar-refractivity contribution is -0.166. The first-order chi connectivity index (χ1) is 10.7. The fourth-order valence-electron chi connectivity index (χ4n) is 6.98. The lowest BCUT2D eigenvalue weighted by Gasteiger charge is -2.63. The highest BCUT2D eigenvalue weighted by Crippen LogP contribution is 2.65. The smallest absolute Gasteiger partial charge is 0.0568 e. The van der Waals surface area contributed by atoms with Crippen molar-refractivity contribution in [2.75, 3.05) is 0 Å². The van der Waals surface area contributed by atoms with Crippen LogP contribution in [0, 0.1) is 40.4 Å². The van der Waals surface area contributed by atoms with Crippen LogP contribution in [0.25, 0.3) is 0 Å². The van der Waals surface area contributed by atoms with Gasteiger partial charge in [-0.2, -0.15) is 0 Å². The molecular formula is C21H38O2. The molecule has 2 nitrogen and oxygen atoms in total. The van der Waals surface area contributed by atoms with Crippen molar-refractivity contribution in [2.45, 2.75) is 91.8 Å². The predicted molar refractivity (Wildman–Crippen MR) is 95.0 cm³/mol. The molecule has 0 saturated heterocycles. The van der Waals surface area contributed by atoms with E-state index in [1.807, 2.05) is 6.92 Å². The molecule has 0 bridgehead atoms. The van der Waals surface area contributed by atoms with Crippen LogP contribution >= 0.6 is 0 Å². The van der Waals surface area contributed by atoms with Crippen LogP contribution in [0.1, 0.15) is 79.6 Å². The fourth-order valence-corrected chi connectivity index (χ4v) is 6.98. The maximum Gasteiger partial charge on any atom is 0.0568 e. The predicted octanol–water partition coefficient (Wildman–Crippen LogP) is 4.63. The second-order valence-electron chi connectivity index (χ2n) is 9.73. The van der Waals surface area contributed by atoms with Crippen molar-refractivity contribution in [1.82, 2.24) is 0 Å². The van der Waals surface area contributed by atoms with Crippen molar-refractivity contribution >= 4 is 0 Å². The van der Waals surface area contributed by atoms with Gasteiger partial charge in [-0.15, -0.1) is 0 Å². The van der Waals surface area contributed by atoms with E-state index in [1.54, 1.807) is 0 Å². The van der Waals surface area contributed by atoms with E-state index in [2.05, 4.69) is 27.7 Å². The van der Waals surface area contributed by atoms with Crippen LogP contribution in [-0.2, 0) is 0 Å². The van der Waals surface area contributed by atoms with Gasteiger partial charge in [0, 0.05) is 0 Å². The van der Waals surface area contributed by atoms with Gasteiger partial charge in [0.1, 0.15) is 0 Å². The molecule has 0 aromatic heterocycles. The summed E-state index contributed by atoms with van der Waals surface area (Å²) in [5, 5.41) is 20.6. The van der Waals surface area contributed by atoms with E-state index in [-0.39, 0.29) is 17.6 Å². The summed E-state index contributed by atoms with van der Waals surface area (Å²) in [5.41, 5.74) is 0.496. The molecule has 0 amide bonds. The molecule has 3 aliphatic carbocycles. The van der Waals surface area contributed by atoms with E-state index in [4.69, 9.17) is 0 Å². The average Bonchev–Trinajstić information content (AvgIpc) is 2.50. The largest absolute Gasteiger partial charge is 0.393 e. The fraction of sp³-hybridized carbons (Fsp3) is 1.00. The molecule has 0 spiro atoms. The minimum Gasteiger partial charge on any atom is -0.393 e. The molecule has 3 fully saturated rings. The van der Waals surface area contributed by atoms with Gasteiger partial charge in [-0.3, -0.25) is 0 Å². The van der Waals surface area contributed by atoms with Crippen LogP contribution in [-0.4, -0.2) is 22.4 Å². The van der Waals surface area contributed by atoms with Crippen molar-refractivity contribution < 1.29 is 10.2 Å². The molecule has 3 aliphatic rings. The third-order valence-corrected chi connectivity index (χ3v) is 9.04. The lowest BCUT2D eigenvalue weighted by Crippen LogP contribution is -2.58. The number of rotatable bonds is 2. The second-order valence-corrected chi connectivity index (χ2v) is 9.73. The van der Waals surface area contributed by atoms with Crippen LogP contribution in [0.5, 0.6) is 0 Å². The summed E-state index contributed by atoms with van der Waals surface area (Å²) in [7, 11) is 0. The number of hydrogen-bond acceptors (Lipinski definition) is 2. The Morgan fingerprint density at radius 1 is 1.13 bits per heavy atom. The molecule has 8 unspecified atom stereocenters. The molecule has 0 aliphatic heterocycles. The van der Waals surface area contributed by atoms with Crippen LogP contribution in [0.2, 0.25) is 0 Å². The topological polar surface area (TPSA) is 40.5 Å². The molecule has 0 radical (unpaired) electrons. The average molecular weight is 323 g/mol. The molecule has 23 heavy (non-hydrogen) atoms. The van der Waals surface area contributed by atoms with Gasteiger partial charge in [-0.05, 0) is 85.9 Å². The first-order valence-electron chi connectivity index (χ1n) is 10.1. The van der Waals surface area contributed by atoms with Crippen LogP contribution in [0.4, 0.5) is 0 Å². The van der Waals surface area contributed by atoms with Gasteiger partial charge in [0.25, 0.3) is 0 Å². The lowest BCUT2D eigenvalue weighted by atomic mass is 9.42. The van der Waals surface area contributed by atoms with Crippen LogP contribution in [0.3, 0.4) is 0 Å². The third-order valence-electron chi connectivity index (χ3n) is 9.04. The minimum absolute atomic E-state index is 0.0640. The summed E-state index contributed by atoms with van der Waals surface area (Å²) in [6, 6.07) is 0. The summed E-state index contributed by atoms with van der Waals surface area (Å²) in [6.07, 6.45) is 7.93. The Labute approximate surface area is 143 Å². The summed E-state index contributed by atoms with van der Waals surface area (Å²) in [5.74, 6) is 3.62. The van der Waals surface area contributed by atoms with E-state index in [1.165, 1.54) is 25.7 Å². The molecular weight excluding hydrogens is 284 g/mol. The Morgan fingerprint density at radius 3 is 2.43 bits per heavy atom. The van der Waals surface area contributed by atoms with Gasteiger partial charge in [-0.25, -0.2) is 0 Å². The second kappa shape index (κ2) is 6.02. The standard InChI is InChI=1S/C21H38O2/c1-6-15-11-16-12-17(23)7-9-21(16,5)18-8-10-20(4,14(3)22)13(2)19(15)18/h13-19,22-23H,6-12H2,1-5H3/t13?,14?,15?,16?,17-,18?,19?,20?,21?/m0/s1. The van der Waals surface area contributed by atoms with Crippen molar-refractivity contribution in [3.8, 4) is 0 Å². The van der Waals surface area contributed by atoms with Gasteiger partial charge in [-0.1, -0.05) is 34.1 Å². The molecule has 3 saturated carbocycles. The Morgan fingerprint density at radius 2 is 1.83 bits per heavy atom. The van der Waals surface area contributed by atoms with E-state index < -0.39 is 0 Å². The highest BCUT2D eigenvalue weighted by Gasteiger charge is 2.59. The molecule has 3 rings (SSSR count). The van der Waals surface area contributed by atoms with Gasteiger partial charge in [0.15, 0.2) is 0 Å². The Hall–Kier alpha value is -0.0800. The summed E-state index contributed by atoms with van der Waals surface area (Å²) in [4.78, 5) is 0. The van der Waals surface area contributed by atoms with Crippen molar-refractivity contribution in [2.24, 2.45) is 40.4 Å². The molecule has 2 heteroatoms. The monoisotopic (exact) mass is 322 g/mol. The van der Waals surface area contributed by atoms with Crippen molar-refractivity contribution in [3.63, 3.8) is 0 Å². The van der Waals surface area contributed by atoms with Crippen LogP contribution < -0.4 is 0 Å². The SMILES string of the molecule is CCC1CC2C[C@@H](O)CCC2(C)C2CCC(C)(C(C)O)C(C)C12. The highest BCUT2D eigenvalue weighted by molar-refractivity contribution is 5.08. The van der Waals surface area contributed by atoms with Crippen molar-refractivity contribution in [1.29, 1.82) is 0 Å². The van der Waals surface area contributed by atoms with E-state index in [0.29, 0.717) is 17.3 Å². The zero-order valence-electron chi connectivity index (χ0n) is 15.9. The number of hydrogen-bond donors (Lipinski definition) is 2. The number of fused-ring (bicyclic) bond motifs is 3. The van der Waals surface area contributed by atoms with Gasteiger partial charge in [0.05, 0.1) is 12.2 Å². The van der Waals surface area contributed by atoms with Gasteiger partial charge in [0.2, 0.25) is 0 Å². The molecule has 2 N–H and O–H groups in total. The van der Waals surface area contributed by atoms with E-state index in [0.717, 1.165) is 37.0 Å². The van der Waals surface area contributed by atoms with E-state index in [9.17, 15) is 10.2 Å². The Bertz CT molecular complexity index is 434. The van der Waals surface area contributed by atoms with Crippen LogP contribution in [0.15, 0.2) is 0 Å². The maximum atomic E-state index is 10.5. The molecule has 0 aromatic carbocycles. The Balaban J connectivity index is 1.94. The van der Waals surface area contributed by atoms with Gasteiger partial charge >= 0.3 is 0 Å². The third kappa shape index (κ3) is 2.59. The zero-order chi connectivity index (χ0) is 17.0.